The van der Waals surface area contributed by atoms with Crippen molar-refractivity contribution in [3.63, 3.8) is 0 Å². The third-order valence-corrected chi connectivity index (χ3v) is 5.26. The molecule has 154 valence electrons. The molecule has 2 rings (SSSR count). The average molecular weight is 419 g/mol. The second-order valence-corrected chi connectivity index (χ2v) is 17.8. The van der Waals surface area contributed by atoms with Gasteiger partial charge in [0.2, 0.25) is 22.5 Å². The maximum absolute atomic E-state index is 6.26. The lowest BCUT2D eigenvalue weighted by Crippen LogP contribution is -2.32. The fourth-order valence-corrected chi connectivity index (χ4v) is 3.90. The SMILES string of the molecule is CCCCOc1cccc(Cc2cnc(O[Si](C)(C)C)nc2O[Si](C)(C)C)c1. The Balaban J connectivity index is 2.25. The van der Waals surface area contributed by atoms with Gasteiger partial charge in [0, 0.05) is 18.2 Å². The minimum Gasteiger partial charge on any atom is -0.531 e. The van der Waals surface area contributed by atoms with Crippen molar-refractivity contribution in [3.05, 3.63) is 41.6 Å². The predicted molar refractivity (Wildman–Crippen MR) is 120 cm³/mol. The molecule has 0 fully saturated rings. The van der Waals surface area contributed by atoms with Crippen molar-refractivity contribution >= 4 is 16.6 Å². The van der Waals surface area contributed by atoms with Crippen molar-refractivity contribution < 1.29 is 13.6 Å². The summed E-state index contributed by atoms with van der Waals surface area (Å²) in [7, 11) is -3.60. The lowest BCUT2D eigenvalue weighted by atomic mass is 10.1. The maximum Gasteiger partial charge on any atom is 0.305 e. The van der Waals surface area contributed by atoms with Crippen molar-refractivity contribution in [2.24, 2.45) is 0 Å². The molecule has 1 aromatic heterocycles. The number of rotatable bonds is 10. The molecule has 5 nitrogen and oxygen atoms in total. The molecule has 0 atom stereocenters. The van der Waals surface area contributed by atoms with Crippen molar-refractivity contribution in [2.45, 2.75) is 65.5 Å². The van der Waals surface area contributed by atoms with Gasteiger partial charge in [0.1, 0.15) is 5.75 Å². The molecular formula is C21H34N2O3Si2. The van der Waals surface area contributed by atoms with E-state index in [2.05, 4.69) is 68.3 Å². The average Bonchev–Trinajstić information content (AvgIpc) is 2.55. The largest absolute Gasteiger partial charge is 0.531 e. The van der Waals surface area contributed by atoms with Crippen LogP contribution in [0.25, 0.3) is 0 Å². The number of aromatic nitrogens is 2. The number of hydrogen-bond acceptors (Lipinski definition) is 5. The van der Waals surface area contributed by atoms with Crippen molar-refractivity contribution in [2.75, 3.05) is 6.61 Å². The normalized spacial score (nSPS) is 12.0. The first-order valence-corrected chi connectivity index (χ1v) is 16.8. The van der Waals surface area contributed by atoms with Gasteiger partial charge >= 0.3 is 6.01 Å². The molecule has 7 heteroatoms. The molecule has 0 aliphatic heterocycles. The van der Waals surface area contributed by atoms with Crippen LogP contribution in [0.1, 0.15) is 30.9 Å². The van der Waals surface area contributed by atoms with E-state index >= 15 is 0 Å². The molecule has 1 heterocycles. The molecule has 0 saturated carbocycles. The van der Waals surface area contributed by atoms with E-state index in [-0.39, 0.29) is 0 Å². The molecule has 0 N–H and O–H groups in total. The van der Waals surface area contributed by atoms with Gasteiger partial charge in [-0.2, -0.15) is 4.98 Å². The summed E-state index contributed by atoms with van der Waals surface area (Å²) < 4.78 is 18.1. The Kier molecular flexibility index (Phi) is 7.65. The van der Waals surface area contributed by atoms with Crippen molar-refractivity contribution in [1.29, 1.82) is 0 Å². The Labute approximate surface area is 171 Å². The highest BCUT2D eigenvalue weighted by atomic mass is 28.4. The van der Waals surface area contributed by atoms with Crippen LogP contribution >= 0.6 is 0 Å². The maximum atomic E-state index is 6.26. The molecule has 0 aliphatic rings. The lowest BCUT2D eigenvalue weighted by Gasteiger charge is -2.22. The zero-order valence-electron chi connectivity index (χ0n) is 18.3. The number of hydrogen-bond donors (Lipinski definition) is 0. The van der Waals surface area contributed by atoms with E-state index in [1.807, 2.05) is 18.3 Å². The van der Waals surface area contributed by atoms with Gasteiger partial charge in [-0.1, -0.05) is 25.5 Å². The first-order valence-electron chi connectivity index (χ1n) is 10.0. The van der Waals surface area contributed by atoms with Crippen LogP contribution in [0.5, 0.6) is 17.6 Å². The Hall–Kier alpha value is -1.87. The monoisotopic (exact) mass is 418 g/mol. The second kappa shape index (κ2) is 9.56. The molecule has 0 radical (unpaired) electrons. The minimum absolute atomic E-state index is 0.410. The first-order chi connectivity index (χ1) is 13.1. The van der Waals surface area contributed by atoms with Gasteiger partial charge in [0.25, 0.3) is 0 Å². The number of unbranched alkanes of at least 4 members (excludes halogenated alkanes) is 1. The second-order valence-electron chi connectivity index (χ2n) is 8.94. The van der Waals surface area contributed by atoms with Gasteiger partial charge < -0.3 is 13.6 Å². The van der Waals surface area contributed by atoms with Gasteiger partial charge in [-0.3, -0.25) is 0 Å². The fraction of sp³-hybridized carbons (Fsp3) is 0.524. The van der Waals surface area contributed by atoms with E-state index in [0.29, 0.717) is 18.3 Å². The van der Waals surface area contributed by atoms with Crippen LogP contribution in [-0.4, -0.2) is 33.2 Å². The van der Waals surface area contributed by atoms with Crippen molar-refractivity contribution in [1.82, 2.24) is 9.97 Å². The third kappa shape index (κ3) is 8.02. The van der Waals surface area contributed by atoms with Crippen LogP contribution in [0, 0.1) is 0 Å². The molecule has 2 aromatic rings. The summed E-state index contributed by atoms with van der Waals surface area (Å²) in [6, 6.07) is 8.62. The molecule has 0 unspecified atom stereocenters. The summed E-state index contributed by atoms with van der Waals surface area (Å²) in [6.07, 6.45) is 4.71. The van der Waals surface area contributed by atoms with E-state index in [1.165, 1.54) is 0 Å². The topological polar surface area (TPSA) is 53.5 Å². The first kappa shape index (κ1) is 22.4. The predicted octanol–water partition coefficient (Wildman–Crippen LogP) is 5.67. The molecule has 1 aromatic carbocycles. The smallest absolute Gasteiger partial charge is 0.305 e. The Morgan fingerprint density at radius 1 is 0.964 bits per heavy atom. The van der Waals surface area contributed by atoms with E-state index in [9.17, 15) is 0 Å². The zero-order chi connectivity index (χ0) is 20.8. The van der Waals surface area contributed by atoms with Crippen LogP contribution in [0.4, 0.5) is 0 Å². The van der Waals surface area contributed by atoms with Gasteiger partial charge in [-0.15, -0.1) is 0 Å². The zero-order valence-corrected chi connectivity index (χ0v) is 20.3. The lowest BCUT2D eigenvalue weighted by molar-refractivity contribution is 0.309. The van der Waals surface area contributed by atoms with Crippen LogP contribution < -0.4 is 13.6 Å². The van der Waals surface area contributed by atoms with Gasteiger partial charge in [-0.05, 0) is 63.4 Å². The van der Waals surface area contributed by atoms with E-state index in [4.69, 9.17) is 13.6 Å². The molecule has 0 amide bonds. The van der Waals surface area contributed by atoms with Crippen LogP contribution in [0.3, 0.4) is 0 Å². The Morgan fingerprint density at radius 2 is 1.68 bits per heavy atom. The van der Waals surface area contributed by atoms with Crippen LogP contribution in [-0.2, 0) is 6.42 Å². The fourth-order valence-electron chi connectivity index (χ4n) is 2.50. The summed E-state index contributed by atoms with van der Waals surface area (Å²) in [5.74, 6) is 1.54. The molecule has 0 aliphatic carbocycles. The number of benzene rings is 1. The van der Waals surface area contributed by atoms with E-state index < -0.39 is 16.6 Å². The van der Waals surface area contributed by atoms with Gasteiger partial charge in [0.15, 0.2) is 0 Å². The van der Waals surface area contributed by atoms with Gasteiger partial charge in [0.05, 0.1) is 6.61 Å². The highest BCUT2D eigenvalue weighted by Crippen LogP contribution is 2.26. The summed E-state index contributed by atoms with van der Waals surface area (Å²) in [4.78, 5) is 9.04. The number of ether oxygens (including phenoxy) is 1. The quantitative estimate of drug-likeness (QED) is 0.367. The third-order valence-electron chi connectivity index (χ3n) is 3.66. The van der Waals surface area contributed by atoms with E-state index in [1.54, 1.807) is 0 Å². The molecular weight excluding hydrogens is 384 g/mol. The Bertz CT molecular complexity index is 771. The highest BCUT2D eigenvalue weighted by Gasteiger charge is 2.23. The van der Waals surface area contributed by atoms with Crippen LogP contribution in [0.15, 0.2) is 30.5 Å². The summed E-state index contributed by atoms with van der Waals surface area (Å²) in [6.45, 7) is 15.7. The van der Waals surface area contributed by atoms with Crippen molar-refractivity contribution in [3.8, 4) is 17.6 Å². The molecule has 0 saturated heterocycles. The summed E-state index contributed by atoms with van der Waals surface area (Å²) >= 11 is 0. The molecule has 0 bridgehead atoms. The van der Waals surface area contributed by atoms with Crippen LogP contribution in [0.2, 0.25) is 39.3 Å². The summed E-state index contributed by atoms with van der Waals surface area (Å²) in [5, 5.41) is 0. The van der Waals surface area contributed by atoms with Gasteiger partial charge in [-0.25, -0.2) is 4.98 Å². The Morgan fingerprint density at radius 3 is 2.32 bits per heavy atom. The van der Waals surface area contributed by atoms with E-state index in [0.717, 1.165) is 36.3 Å². The minimum atomic E-state index is -1.82. The summed E-state index contributed by atoms with van der Waals surface area (Å²) in [5.41, 5.74) is 2.12. The molecule has 0 spiro atoms. The molecule has 28 heavy (non-hydrogen) atoms. The number of nitrogens with zero attached hydrogens (tertiary/aromatic N) is 2. The highest BCUT2D eigenvalue weighted by molar-refractivity contribution is 6.70. The standard InChI is InChI=1S/C21H34N2O3Si2/c1-8-9-13-24-19-12-10-11-17(15-19)14-18-16-22-21(26-28(5,6)7)23-20(18)25-27(2,3)4/h10-12,15-16H,8-9,13-14H2,1-7H3.